The number of aromatic nitrogens is 4. The minimum Gasteiger partial charge on any atom is -0.311 e. The lowest BCUT2D eigenvalue weighted by Crippen LogP contribution is -2.23. The van der Waals surface area contributed by atoms with Gasteiger partial charge in [-0.15, -0.1) is 11.3 Å². The molecule has 0 bridgehead atoms. The Morgan fingerprint density at radius 1 is 1.19 bits per heavy atom. The topological polar surface area (TPSA) is 81.8 Å². The largest absolute Gasteiger partial charge is 0.311 e. The Hall–Kier alpha value is -3.33. The molecule has 0 radical (unpaired) electrons. The predicted octanol–water partition coefficient (Wildman–Crippen LogP) is 4.11. The summed E-state index contributed by atoms with van der Waals surface area (Å²) in [7, 11) is 0. The summed E-state index contributed by atoms with van der Waals surface area (Å²) in [6.07, 6.45) is 1.56. The number of carbonyl (C=O) groups excluding carboxylic acids is 1. The summed E-state index contributed by atoms with van der Waals surface area (Å²) in [5.74, 6) is -0.125. The van der Waals surface area contributed by atoms with Crippen LogP contribution in [0, 0.1) is 5.82 Å². The number of carbonyl (C=O) groups is 1. The van der Waals surface area contributed by atoms with Gasteiger partial charge in [-0.2, -0.15) is 5.10 Å². The molecule has 4 aromatic rings. The number of nitrogens with one attached hydrogen (secondary N) is 1. The number of thiophene rings is 1. The van der Waals surface area contributed by atoms with E-state index in [1.807, 2.05) is 32.2 Å². The first kappa shape index (κ1) is 20.9. The SMILES string of the molecule is CC(C)(C)c1cc(NC(=O)CCn2cnc3sccc3c2=O)n(-c2ccc(F)cc2)n1. The molecule has 0 saturated carbocycles. The molecule has 1 aromatic carbocycles. The lowest BCUT2D eigenvalue weighted by molar-refractivity contribution is -0.116. The number of halogens is 1. The molecule has 1 amide bonds. The molecule has 4 rings (SSSR count). The van der Waals surface area contributed by atoms with Crippen LogP contribution in [0.1, 0.15) is 32.9 Å². The number of benzene rings is 1. The van der Waals surface area contributed by atoms with E-state index in [4.69, 9.17) is 0 Å². The van der Waals surface area contributed by atoms with E-state index < -0.39 is 0 Å². The van der Waals surface area contributed by atoms with Crippen LogP contribution in [0.15, 0.2) is 52.9 Å². The Kier molecular flexibility index (Phi) is 5.45. The molecule has 7 nitrogen and oxygen atoms in total. The quantitative estimate of drug-likeness (QED) is 0.507. The van der Waals surface area contributed by atoms with Gasteiger partial charge in [-0.3, -0.25) is 14.2 Å². The van der Waals surface area contributed by atoms with Gasteiger partial charge in [0.2, 0.25) is 5.91 Å². The van der Waals surface area contributed by atoms with Crippen LogP contribution in [-0.2, 0) is 16.8 Å². The second-order valence-electron chi connectivity index (χ2n) is 8.23. The number of hydrogen-bond acceptors (Lipinski definition) is 5. The lowest BCUT2D eigenvalue weighted by atomic mass is 9.92. The van der Waals surface area contributed by atoms with Crippen LogP contribution in [-0.4, -0.2) is 25.2 Å². The van der Waals surface area contributed by atoms with Crippen molar-refractivity contribution in [1.29, 1.82) is 0 Å². The summed E-state index contributed by atoms with van der Waals surface area (Å²) in [6, 6.07) is 9.45. The van der Waals surface area contributed by atoms with Crippen molar-refractivity contribution in [2.75, 3.05) is 5.32 Å². The zero-order valence-corrected chi connectivity index (χ0v) is 18.2. The van der Waals surface area contributed by atoms with Gasteiger partial charge in [0.1, 0.15) is 16.5 Å². The predicted molar refractivity (Wildman–Crippen MR) is 119 cm³/mol. The molecule has 0 atom stereocenters. The maximum atomic E-state index is 13.3. The minimum atomic E-state index is -0.348. The second kappa shape index (κ2) is 8.07. The van der Waals surface area contributed by atoms with E-state index >= 15 is 0 Å². The van der Waals surface area contributed by atoms with E-state index in [2.05, 4.69) is 15.4 Å². The highest BCUT2D eigenvalue weighted by Gasteiger charge is 2.21. The Balaban J connectivity index is 1.55. The van der Waals surface area contributed by atoms with Crippen molar-refractivity contribution >= 4 is 33.3 Å². The highest BCUT2D eigenvalue weighted by Crippen LogP contribution is 2.26. The molecule has 3 aromatic heterocycles. The molecule has 3 heterocycles. The third kappa shape index (κ3) is 4.41. The Bertz CT molecular complexity index is 1300. The van der Waals surface area contributed by atoms with Gasteiger partial charge in [0.05, 0.1) is 23.1 Å². The molecule has 0 saturated heterocycles. The molecule has 1 N–H and O–H groups in total. The maximum absolute atomic E-state index is 13.3. The van der Waals surface area contributed by atoms with Crippen LogP contribution in [0.3, 0.4) is 0 Å². The number of rotatable bonds is 5. The maximum Gasteiger partial charge on any atom is 0.262 e. The van der Waals surface area contributed by atoms with Gasteiger partial charge in [-0.1, -0.05) is 20.8 Å². The average Bonchev–Trinajstić information content (AvgIpc) is 3.35. The van der Waals surface area contributed by atoms with Crippen LogP contribution in [0.25, 0.3) is 15.9 Å². The smallest absolute Gasteiger partial charge is 0.262 e. The fourth-order valence-corrected chi connectivity index (χ4v) is 3.82. The molecule has 160 valence electrons. The van der Waals surface area contributed by atoms with E-state index in [9.17, 15) is 14.0 Å². The zero-order chi connectivity index (χ0) is 22.2. The normalized spacial score (nSPS) is 11.7. The summed E-state index contributed by atoms with van der Waals surface area (Å²) >= 11 is 1.40. The fourth-order valence-electron chi connectivity index (χ4n) is 3.10. The second-order valence-corrected chi connectivity index (χ2v) is 9.13. The van der Waals surface area contributed by atoms with Crippen molar-refractivity contribution in [3.63, 3.8) is 0 Å². The first-order chi connectivity index (χ1) is 14.7. The number of nitrogens with zero attached hydrogens (tertiary/aromatic N) is 4. The molecule has 0 aliphatic carbocycles. The molecule has 0 fully saturated rings. The van der Waals surface area contributed by atoms with Crippen molar-refractivity contribution in [3.05, 3.63) is 70.0 Å². The number of amides is 1. The van der Waals surface area contributed by atoms with Gasteiger partial charge >= 0.3 is 0 Å². The van der Waals surface area contributed by atoms with Gasteiger partial charge in [0.15, 0.2) is 0 Å². The van der Waals surface area contributed by atoms with Gasteiger partial charge in [-0.05, 0) is 35.7 Å². The van der Waals surface area contributed by atoms with E-state index in [1.54, 1.807) is 22.9 Å². The lowest BCUT2D eigenvalue weighted by Gasteiger charge is -2.14. The summed E-state index contributed by atoms with van der Waals surface area (Å²) < 4.78 is 16.4. The van der Waals surface area contributed by atoms with Crippen LogP contribution in [0.2, 0.25) is 0 Å². The fraction of sp³-hybridized carbons (Fsp3) is 0.273. The van der Waals surface area contributed by atoms with Crippen molar-refractivity contribution in [3.8, 4) is 5.69 Å². The molecule has 0 spiro atoms. The monoisotopic (exact) mass is 439 g/mol. The molecule has 0 aliphatic rings. The van der Waals surface area contributed by atoms with Gasteiger partial charge in [0.25, 0.3) is 5.56 Å². The van der Waals surface area contributed by atoms with Crippen LogP contribution in [0.4, 0.5) is 10.2 Å². The van der Waals surface area contributed by atoms with E-state index in [0.29, 0.717) is 21.7 Å². The summed E-state index contributed by atoms with van der Waals surface area (Å²) in [4.78, 5) is 30.1. The average molecular weight is 440 g/mol. The van der Waals surface area contributed by atoms with Crippen molar-refractivity contribution in [2.45, 2.75) is 39.2 Å². The van der Waals surface area contributed by atoms with Crippen molar-refractivity contribution in [1.82, 2.24) is 19.3 Å². The highest BCUT2D eigenvalue weighted by molar-refractivity contribution is 7.16. The molecular formula is C22H22FN5O2S. The van der Waals surface area contributed by atoms with Gasteiger partial charge in [0, 0.05) is 24.4 Å². The molecule has 0 unspecified atom stereocenters. The molecule has 31 heavy (non-hydrogen) atoms. The summed E-state index contributed by atoms with van der Waals surface area (Å²) in [6.45, 7) is 6.28. The Morgan fingerprint density at radius 3 is 2.65 bits per heavy atom. The highest BCUT2D eigenvalue weighted by atomic mass is 32.1. The van der Waals surface area contributed by atoms with Gasteiger partial charge < -0.3 is 5.32 Å². The van der Waals surface area contributed by atoms with Crippen LogP contribution in [0.5, 0.6) is 0 Å². The summed E-state index contributed by atoms with van der Waals surface area (Å²) in [5.41, 5.74) is 1.02. The third-order valence-corrected chi connectivity index (χ3v) is 5.67. The molecule has 0 aliphatic heterocycles. The van der Waals surface area contributed by atoms with E-state index in [0.717, 1.165) is 5.69 Å². The number of anilines is 1. The molecule has 9 heteroatoms. The summed E-state index contributed by atoms with van der Waals surface area (Å²) in [5, 5.41) is 9.85. The third-order valence-electron chi connectivity index (χ3n) is 4.85. The van der Waals surface area contributed by atoms with Crippen LogP contribution >= 0.6 is 11.3 Å². The number of hydrogen-bond donors (Lipinski definition) is 1. The zero-order valence-electron chi connectivity index (χ0n) is 17.4. The Labute approximate surface area is 182 Å². The number of fused-ring (bicyclic) bond motifs is 1. The minimum absolute atomic E-state index is 0.0939. The van der Waals surface area contributed by atoms with Crippen molar-refractivity contribution < 1.29 is 9.18 Å². The first-order valence-corrected chi connectivity index (χ1v) is 10.7. The standard InChI is InChI=1S/C22H22FN5O2S/c1-22(2,3)17-12-18(28(26-17)15-6-4-14(23)5-7-15)25-19(29)8-10-27-13-24-20-16(21(27)30)9-11-31-20/h4-7,9,11-13H,8,10H2,1-3H3,(H,25,29). The van der Waals surface area contributed by atoms with E-state index in [1.165, 1.54) is 34.4 Å². The van der Waals surface area contributed by atoms with Crippen LogP contribution < -0.4 is 10.9 Å². The Morgan fingerprint density at radius 2 is 1.94 bits per heavy atom. The van der Waals surface area contributed by atoms with Crippen molar-refractivity contribution in [2.24, 2.45) is 0 Å². The first-order valence-electron chi connectivity index (χ1n) is 9.81. The van der Waals surface area contributed by atoms with E-state index in [-0.39, 0.29) is 35.7 Å². The molecular weight excluding hydrogens is 417 g/mol. The number of aryl methyl sites for hydroxylation is 1. The van der Waals surface area contributed by atoms with Gasteiger partial charge in [-0.25, -0.2) is 14.1 Å².